The van der Waals surface area contributed by atoms with E-state index in [1.165, 1.54) is 5.57 Å². The molecule has 9 nitrogen and oxygen atoms in total. The fourth-order valence-corrected chi connectivity index (χ4v) is 7.76. The SMILES string of the molecule is C[C@H]1CCC(c2ncc(-c3ccc4cc(-c5ccc(C6=CN=C([C@@H]7CC[C@H](C)N7C(=O)OC(C)(C)C)C6)cc5)ccc4c3)[nH]2)N1C(=O)OC(C)(C)C. The number of fused-ring (bicyclic) bond motifs is 1. The standard InChI is InChI=1S/C43H51N5O4/c1-26-9-19-37(47(26)40(49)51-42(3,4)5)35-23-34(24-44-35)29-13-11-28(12-14-29)30-15-16-32-22-33(18-17-31(32)21-30)36-25-45-39(46-36)38-20-10-27(2)48(38)41(50)52-43(6,7)8/h11-18,21-22,24-27,37-38H,9-10,19-20,23H2,1-8H3,(H,45,46)/t26-,27-,37-,38?/m0/s1. The summed E-state index contributed by atoms with van der Waals surface area (Å²) in [6, 6.07) is 21.7. The zero-order valence-electron chi connectivity index (χ0n) is 31.7. The summed E-state index contributed by atoms with van der Waals surface area (Å²) in [5, 5.41) is 2.30. The number of hydrogen-bond acceptors (Lipinski definition) is 6. The van der Waals surface area contributed by atoms with Gasteiger partial charge in [0, 0.05) is 36.0 Å². The summed E-state index contributed by atoms with van der Waals surface area (Å²) in [6.07, 6.45) is 7.60. The van der Waals surface area contributed by atoms with Gasteiger partial charge in [-0.25, -0.2) is 14.6 Å². The Labute approximate surface area is 307 Å². The van der Waals surface area contributed by atoms with Crippen LogP contribution in [0.4, 0.5) is 9.59 Å². The largest absolute Gasteiger partial charge is 0.444 e. The predicted octanol–water partition coefficient (Wildman–Crippen LogP) is 10.3. The van der Waals surface area contributed by atoms with E-state index < -0.39 is 11.2 Å². The van der Waals surface area contributed by atoms with Crippen molar-refractivity contribution in [3.8, 4) is 22.4 Å². The number of nitrogens with one attached hydrogen (secondary N) is 1. The highest BCUT2D eigenvalue weighted by atomic mass is 16.6. The van der Waals surface area contributed by atoms with Crippen LogP contribution in [0.25, 0.3) is 38.7 Å². The van der Waals surface area contributed by atoms with Gasteiger partial charge in [-0.3, -0.25) is 14.8 Å². The number of likely N-dealkylation sites (tertiary alicyclic amines) is 2. The van der Waals surface area contributed by atoms with E-state index in [9.17, 15) is 9.59 Å². The molecule has 52 heavy (non-hydrogen) atoms. The Morgan fingerprint density at radius 3 is 1.83 bits per heavy atom. The Balaban J connectivity index is 1.02. The van der Waals surface area contributed by atoms with Gasteiger partial charge in [-0.2, -0.15) is 0 Å². The zero-order chi connectivity index (χ0) is 36.9. The molecule has 272 valence electrons. The molecule has 0 bridgehead atoms. The molecule has 1 aromatic heterocycles. The first-order valence-corrected chi connectivity index (χ1v) is 18.6. The van der Waals surface area contributed by atoms with Gasteiger partial charge in [0.1, 0.15) is 17.0 Å². The normalized spacial score (nSPS) is 22.2. The molecule has 4 heterocycles. The van der Waals surface area contributed by atoms with E-state index in [0.29, 0.717) is 0 Å². The van der Waals surface area contributed by atoms with Gasteiger partial charge in [-0.05, 0) is 126 Å². The second-order valence-corrected chi connectivity index (χ2v) is 16.6. The van der Waals surface area contributed by atoms with E-state index in [4.69, 9.17) is 19.5 Å². The van der Waals surface area contributed by atoms with E-state index in [1.54, 1.807) is 0 Å². The van der Waals surface area contributed by atoms with Crippen LogP contribution in [-0.2, 0) is 9.47 Å². The van der Waals surface area contributed by atoms with Crippen LogP contribution in [0.2, 0.25) is 0 Å². The van der Waals surface area contributed by atoms with Crippen LogP contribution in [0.3, 0.4) is 0 Å². The van der Waals surface area contributed by atoms with E-state index in [2.05, 4.69) is 79.5 Å². The van der Waals surface area contributed by atoms with Crippen LogP contribution < -0.4 is 0 Å². The molecule has 4 aromatic rings. The molecule has 7 rings (SSSR count). The van der Waals surface area contributed by atoms with Crippen LogP contribution >= 0.6 is 0 Å². The van der Waals surface area contributed by atoms with Crippen molar-refractivity contribution in [2.24, 2.45) is 4.99 Å². The van der Waals surface area contributed by atoms with Gasteiger partial charge in [-0.15, -0.1) is 0 Å². The first-order chi connectivity index (χ1) is 24.6. The van der Waals surface area contributed by atoms with E-state index in [1.807, 2.05) is 63.7 Å². The number of H-pyrrole nitrogens is 1. The number of carbonyl (C=O) groups is 2. The summed E-state index contributed by atoms with van der Waals surface area (Å²) < 4.78 is 11.5. The minimum Gasteiger partial charge on any atom is -0.444 e. The number of aliphatic imine (C=N–C) groups is 1. The number of carbonyl (C=O) groups excluding carboxylic acids is 2. The van der Waals surface area contributed by atoms with Crippen LogP contribution in [-0.4, -0.2) is 67.0 Å². The Kier molecular flexibility index (Phi) is 9.26. The molecule has 0 saturated carbocycles. The Bertz CT molecular complexity index is 2050. The number of ether oxygens (including phenoxy) is 2. The summed E-state index contributed by atoms with van der Waals surface area (Å²) >= 11 is 0. The maximum Gasteiger partial charge on any atom is 0.411 e. The van der Waals surface area contributed by atoms with E-state index >= 15 is 0 Å². The maximum atomic E-state index is 13.1. The fourth-order valence-electron chi connectivity index (χ4n) is 7.76. The number of nitrogens with zero attached hydrogens (tertiary/aromatic N) is 4. The summed E-state index contributed by atoms with van der Waals surface area (Å²) in [7, 11) is 0. The molecule has 3 aliphatic heterocycles. The monoisotopic (exact) mass is 701 g/mol. The van der Waals surface area contributed by atoms with Gasteiger partial charge in [0.25, 0.3) is 0 Å². The van der Waals surface area contributed by atoms with Crippen molar-refractivity contribution in [3.63, 3.8) is 0 Å². The molecule has 0 aliphatic carbocycles. The number of aromatic amines is 1. The molecule has 1 unspecified atom stereocenters. The molecule has 0 radical (unpaired) electrons. The van der Waals surface area contributed by atoms with Crippen molar-refractivity contribution in [2.75, 3.05) is 0 Å². The molecule has 2 saturated heterocycles. The third-order valence-electron chi connectivity index (χ3n) is 10.3. The van der Waals surface area contributed by atoms with Crippen LogP contribution in [0, 0.1) is 0 Å². The second kappa shape index (κ2) is 13.6. The van der Waals surface area contributed by atoms with Gasteiger partial charge in [0.15, 0.2) is 0 Å². The minimum atomic E-state index is -0.552. The van der Waals surface area contributed by atoms with Crippen molar-refractivity contribution in [2.45, 2.75) is 123 Å². The van der Waals surface area contributed by atoms with Crippen LogP contribution in [0.15, 0.2) is 78.1 Å². The highest BCUT2D eigenvalue weighted by Gasteiger charge is 2.41. The molecule has 0 spiro atoms. The van der Waals surface area contributed by atoms with Crippen molar-refractivity contribution >= 4 is 34.2 Å². The van der Waals surface area contributed by atoms with Crippen molar-refractivity contribution < 1.29 is 19.1 Å². The molecular formula is C43H51N5O4. The summed E-state index contributed by atoms with van der Waals surface area (Å²) in [4.78, 5) is 42.9. The lowest BCUT2D eigenvalue weighted by atomic mass is 9.95. The average Bonchev–Trinajstić information content (AvgIpc) is 3.89. The van der Waals surface area contributed by atoms with Crippen molar-refractivity contribution in [3.05, 3.63) is 84.4 Å². The van der Waals surface area contributed by atoms with Gasteiger partial charge in [-0.1, -0.05) is 48.5 Å². The summed E-state index contributed by atoms with van der Waals surface area (Å²) in [5.74, 6) is 0.788. The number of hydrogen-bond donors (Lipinski definition) is 1. The Morgan fingerprint density at radius 1 is 0.692 bits per heavy atom. The first-order valence-electron chi connectivity index (χ1n) is 18.6. The lowest BCUT2D eigenvalue weighted by Crippen LogP contribution is -2.46. The average molecular weight is 702 g/mol. The highest BCUT2D eigenvalue weighted by Crippen LogP contribution is 2.38. The maximum absolute atomic E-state index is 13.1. The Hall–Kier alpha value is -4.92. The van der Waals surface area contributed by atoms with Crippen molar-refractivity contribution in [1.82, 2.24) is 19.8 Å². The molecule has 4 atom stereocenters. The molecular weight excluding hydrogens is 651 g/mol. The molecule has 3 aromatic carbocycles. The predicted molar refractivity (Wildman–Crippen MR) is 207 cm³/mol. The van der Waals surface area contributed by atoms with Crippen LogP contribution in [0.1, 0.15) is 105 Å². The number of imidazole rings is 1. The number of amides is 2. The number of rotatable bonds is 5. The molecule has 9 heteroatoms. The number of aromatic nitrogens is 2. The lowest BCUT2D eigenvalue weighted by molar-refractivity contribution is 0.0149. The molecule has 1 N–H and O–H groups in total. The quantitative estimate of drug-likeness (QED) is 0.223. The number of benzene rings is 3. The second-order valence-electron chi connectivity index (χ2n) is 16.6. The number of allylic oxidation sites excluding steroid dienone is 1. The third-order valence-corrected chi connectivity index (χ3v) is 10.3. The molecule has 2 amide bonds. The minimum absolute atomic E-state index is 0.0306. The topological polar surface area (TPSA) is 100 Å². The zero-order valence-corrected chi connectivity index (χ0v) is 31.7. The molecule has 2 fully saturated rings. The third kappa shape index (κ3) is 7.36. The molecule has 3 aliphatic rings. The van der Waals surface area contributed by atoms with Gasteiger partial charge in [0.05, 0.1) is 24.0 Å². The van der Waals surface area contributed by atoms with Gasteiger partial charge in [0.2, 0.25) is 0 Å². The van der Waals surface area contributed by atoms with Gasteiger partial charge < -0.3 is 14.5 Å². The smallest absolute Gasteiger partial charge is 0.411 e. The lowest BCUT2D eigenvalue weighted by Gasteiger charge is -2.31. The van der Waals surface area contributed by atoms with Crippen LogP contribution in [0.5, 0.6) is 0 Å². The first kappa shape index (κ1) is 35.5. The van der Waals surface area contributed by atoms with Gasteiger partial charge >= 0.3 is 12.2 Å². The van der Waals surface area contributed by atoms with E-state index in [0.717, 1.165) is 82.4 Å². The summed E-state index contributed by atoms with van der Waals surface area (Å²) in [5.41, 5.74) is 6.52. The Morgan fingerprint density at radius 2 is 1.21 bits per heavy atom. The fraction of sp³-hybridized carbons (Fsp3) is 0.442. The summed E-state index contributed by atoms with van der Waals surface area (Å²) in [6.45, 7) is 15.6. The van der Waals surface area contributed by atoms with E-state index in [-0.39, 0.29) is 36.4 Å². The highest BCUT2D eigenvalue weighted by molar-refractivity contribution is 6.03. The van der Waals surface area contributed by atoms with Crippen molar-refractivity contribution in [1.29, 1.82) is 0 Å².